The van der Waals surface area contributed by atoms with Crippen LogP contribution in [-0.2, 0) is 9.59 Å². The molecule has 0 aliphatic heterocycles. The molecule has 3 N–H and O–H groups in total. The minimum Gasteiger partial charge on any atom is -0.370 e. The number of fused-ring (bicyclic) bond motifs is 1. The van der Waals surface area contributed by atoms with Crippen LogP contribution in [0.5, 0.6) is 0 Å². The smallest absolute Gasteiger partial charge is 0.270 e. The third-order valence-electron chi connectivity index (χ3n) is 2.68. The predicted molar refractivity (Wildman–Crippen MR) is 72.5 cm³/mol. The lowest BCUT2D eigenvalue weighted by Gasteiger charge is -2.10. The first-order valence-corrected chi connectivity index (χ1v) is 5.93. The highest BCUT2D eigenvalue weighted by molar-refractivity contribution is 5.96. The lowest BCUT2D eigenvalue weighted by atomic mass is 10.2. The molecule has 6 heteroatoms. The van der Waals surface area contributed by atoms with E-state index in [1.165, 1.54) is 0 Å². The first-order chi connectivity index (χ1) is 9.60. The Balaban J connectivity index is 2.18. The minimum absolute atomic E-state index is 0.161. The first kappa shape index (κ1) is 13.7. The number of primary amides is 1. The number of hydrogen-bond donors (Lipinski definition) is 2. The lowest BCUT2D eigenvalue weighted by molar-refractivity contribution is -0.118. The van der Waals surface area contributed by atoms with Crippen molar-refractivity contribution in [2.45, 2.75) is 12.5 Å². The Kier molecular flexibility index (Phi) is 4.05. The Hall–Kier alpha value is -2.76. The molecule has 1 atom stereocenters. The van der Waals surface area contributed by atoms with Crippen LogP contribution in [0.2, 0.25) is 0 Å². The molecule has 0 aliphatic carbocycles. The van der Waals surface area contributed by atoms with Gasteiger partial charge in [0.1, 0.15) is 11.7 Å². The number of nitrogens with two attached hydrogens (primary N) is 1. The van der Waals surface area contributed by atoms with Crippen molar-refractivity contribution < 1.29 is 14.4 Å². The summed E-state index contributed by atoms with van der Waals surface area (Å²) in [4.78, 5) is 37.5. The highest BCUT2D eigenvalue weighted by Gasteiger charge is 2.17. The Morgan fingerprint density at radius 2 is 2.00 bits per heavy atom. The number of amides is 2. The van der Waals surface area contributed by atoms with Crippen LogP contribution in [0.1, 0.15) is 16.9 Å². The molecule has 2 rings (SSSR count). The van der Waals surface area contributed by atoms with Crippen molar-refractivity contribution in [1.82, 2.24) is 10.3 Å². The molecule has 0 bridgehead atoms. The van der Waals surface area contributed by atoms with E-state index in [4.69, 9.17) is 5.73 Å². The number of benzene rings is 1. The highest BCUT2D eigenvalue weighted by Crippen LogP contribution is 2.11. The predicted octanol–water partition coefficient (Wildman–Crippen LogP) is 0.318. The average molecular weight is 270 g/mol. The van der Waals surface area contributed by atoms with Crippen molar-refractivity contribution in [3.05, 3.63) is 42.1 Å². The van der Waals surface area contributed by atoms with Crippen LogP contribution in [0.15, 0.2) is 36.4 Å². The van der Waals surface area contributed by atoms with Gasteiger partial charge in [0.25, 0.3) is 5.91 Å². The van der Waals surface area contributed by atoms with Crippen molar-refractivity contribution >= 4 is 29.0 Å². The van der Waals surface area contributed by atoms with Crippen LogP contribution >= 0.6 is 0 Å². The van der Waals surface area contributed by atoms with E-state index in [2.05, 4.69) is 10.3 Å². The van der Waals surface area contributed by atoms with E-state index in [0.29, 0.717) is 5.52 Å². The standard InChI is InChI=1S/C14H12N3O3/c15-13(19)7-10(8-18)16-14(20)12-6-5-9-3-1-2-4-11(9)17-12/h1-6,10H,7H2,(H2,15,19)(H,16,20)/t10-/m0/s1. The molecule has 0 saturated carbocycles. The van der Waals surface area contributed by atoms with Gasteiger partial charge in [0.05, 0.1) is 11.9 Å². The second-order valence-electron chi connectivity index (χ2n) is 4.20. The zero-order chi connectivity index (χ0) is 14.5. The van der Waals surface area contributed by atoms with Crippen molar-refractivity contribution in [1.29, 1.82) is 0 Å². The third kappa shape index (κ3) is 3.17. The SMILES string of the molecule is NC(=O)C[C@@H]([C]=O)NC(=O)c1ccc2ccccc2n1. The van der Waals surface area contributed by atoms with Gasteiger partial charge in [-0.25, -0.2) is 4.98 Å². The van der Waals surface area contributed by atoms with Gasteiger partial charge >= 0.3 is 0 Å². The molecule has 6 nitrogen and oxygen atoms in total. The van der Waals surface area contributed by atoms with Crippen LogP contribution in [0.3, 0.4) is 0 Å². The summed E-state index contributed by atoms with van der Waals surface area (Å²) in [6.07, 6.45) is 1.27. The number of nitrogens with zero attached hydrogens (tertiary/aromatic N) is 1. The third-order valence-corrected chi connectivity index (χ3v) is 2.68. The van der Waals surface area contributed by atoms with Gasteiger partial charge in [-0.05, 0) is 12.1 Å². The van der Waals surface area contributed by atoms with Crippen molar-refractivity contribution in [2.75, 3.05) is 0 Å². The van der Waals surface area contributed by atoms with Crippen LogP contribution in [0, 0.1) is 0 Å². The van der Waals surface area contributed by atoms with Gasteiger partial charge in [0.15, 0.2) is 0 Å². The Labute approximate surface area is 115 Å². The van der Waals surface area contributed by atoms with E-state index in [0.717, 1.165) is 5.39 Å². The van der Waals surface area contributed by atoms with Gasteiger partial charge in [0, 0.05) is 5.39 Å². The fourth-order valence-corrected chi connectivity index (χ4v) is 1.75. The fraction of sp³-hybridized carbons (Fsp3) is 0.143. The number of aromatic nitrogens is 1. The Morgan fingerprint density at radius 1 is 1.25 bits per heavy atom. The number of carbonyl (C=O) groups is 2. The van der Waals surface area contributed by atoms with Crippen LogP contribution in [0.4, 0.5) is 0 Å². The molecule has 0 saturated heterocycles. The maximum atomic E-state index is 11.9. The number of pyridine rings is 1. The van der Waals surface area contributed by atoms with Crippen LogP contribution < -0.4 is 11.1 Å². The molecule has 0 unspecified atom stereocenters. The van der Waals surface area contributed by atoms with Gasteiger partial charge in [-0.15, -0.1) is 0 Å². The van der Waals surface area contributed by atoms with Gasteiger partial charge < -0.3 is 11.1 Å². The minimum atomic E-state index is -1.06. The zero-order valence-electron chi connectivity index (χ0n) is 10.5. The Bertz CT molecular complexity index is 670. The molecular formula is C14H12N3O3. The first-order valence-electron chi connectivity index (χ1n) is 5.93. The van der Waals surface area contributed by atoms with Gasteiger partial charge in [-0.1, -0.05) is 24.3 Å². The highest BCUT2D eigenvalue weighted by atomic mass is 16.2. The molecule has 101 valence electrons. The van der Waals surface area contributed by atoms with E-state index in [1.807, 2.05) is 18.2 Å². The molecule has 1 aromatic heterocycles. The van der Waals surface area contributed by atoms with E-state index in [1.54, 1.807) is 24.5 Å². The topological polar surface area (TPSA) is 102 Å². The van der Waals surface area contributed by atoms with Gasteiger partial charge in [-0.3, -0.25) is 14.4 Å². The number of hydrogen-bond acceptors (Lipinski definition) is 4. The largest absolute Gasteiger partial charge is 0.370 e. The van der Waals surface area contributed by atoms with Crippen molar-refractivity contribution in [2.24, 2.45) is 5.73 Å². The lowest BCUT2D eigenvalue weighted by Crippen LogP contribution is -2.39. The quantitative estimate of drug-likeness (QED) is 0.816. The van der Waals surface area contributed by atoms with Gasteiger partial charge in [-0.2, -0.15) is 0 Å². The molecule has 1 heterocycles. The number of nitrogens with one attached hydrogen (secondary N) is 1. The van der Waals surface area contributed by atoms with Gasteiger partial charge in [0.2, 0.25) is 12.2 Å². The van der Waals surface area contributed by atoms with Crippen molar-refractivity contribution in [3.8, 4) is 0 Å². The van der Waals surface area contributed by atoms with Crippen molar-refractivity contribution in [3.63, 3.8) is 0 Å². The molecule has 2 amide bonds. The monoisotopic (exact) mass is 270 g/mol. The second-order valence-corrected chi connectivity index (χ2v) is 4.20. The van der Waals surface area contributed by atoms with Crippen LogP contribution in [-0.4, -0.2) is 29.1 Å². The average Bonchev–Trinajstić information content (AvgIpc) is 2.45. The number of para-hydroxylation sites is 1. The summed E-state index contributed by atoms with van der Waals surface area (Å²) in [5.74, 6) is -1.24. The number of rotatable bonds is 5. The molecule has 1 radical (unpaired) electrons. The summed E-state index contributed by atoms with van der Waals surface area (Å²) in [6, 6.07) is 9.57. The summed E-state index contributed by atoms with van der Waals surface area (Å²) >= 11 is 0. The fourth-order valence-electron chi connectivity index (χ4n) is 1.75. The Morgan fingerprint density at radius 3 is 2.70 bits per heavy atom. The van der Waals surface area contributed by atoms with E-state index in [9.17, 15) is 14.4 Å². The summed E-state index contributed by atoms with van der Waals surface area (Å²) in [6.45, 7) is 0. The molecule has 0 aliphatic rings. The summed E-state index contributed by atoms with van der Waals surface area (Å²) in [5.41, 5.74) is 5.80. The molecule has 2 aromatic rings. The van der Waals surface area contributed by atoms with E-state index >= 15 is 0 Å². The molecule has 0 spiro atoms. The maximum absolute atomic E-state index is 11.9. The maximum Gasteiger partial charge on any atom is 0.270 e. The summed E-state index contributed by atoms with van der Waals surface area (Å²) < 4.78 is 0. The zero-order valence-corrected chi connectivity index (χ0v) is 10.5. The normalized spacial score (nSPS) is 11.8. The molecule has 0 fully saturated rings. The van der Waals surface area contributed by atoms with E-state index in [-0.39, 0.29) is 12.1 Å². The number of carbonyl (C=O) groups excluding carboxylic acids is 3. The van der Waals surface area contributed by atoms with Crippen LogP contribution in [0.25, 0.3) is 10.9 Å². The molecule has 1 aromatic carbocycles. The molecular weight excluding hydrogens is 258 g/mol. The van der Waals surface area contributed by atoms with E-state index < -0.39 is 17.9 Å². The molecule has 20 heavy (non-hydrogen) atoms. The second kappa shape index (κ2) is 5.92. The summed E-state index contributed by atoms with van der Waals surface area (Å²) in [7, 11) is 0. The summed E-state index contributed by atoms with van der Waals surface area (Å²) in [5, 5.41) is 3.26.